The summed E-state index contributed by atoms with van der Waals surface area (Å²) in [5, 5.41) is 16.7. The number of methoxy groups -OCH3 is 4. The Morgan fingerprint density at radius 3 is 1.15 bits per heavy atom. The van der Waals surface area contributed by atoms with E-state index in [-0.39, 0.29) is 35.0 Å². The molecule has 2 saturated heterocycles. The van der Waals surface area contributed by atoms with E-state index in [0.29, 0.717) is 112 Å². The molecule has 0 aliphatic carbocycles. The lowest BCUT2D eigenvalue weighted by atomic mass is 10.1. The SMILES string of the molecule is COc1c(Br)cc(Br)c(OC)c1-n1c(CS(=O)(=O)[C@@H](C)[C@H](C)c2ncc(Cl)cn2)nnc1[C@@H]1CCOC1.COc1c(Br)cc(Br)c(OC)c1-n1c(CS(=O)(=O)[C@@H](C)[C@H](C)c2ncc(Cl)cn2)nnc1[C@H]1CCOC1. The van der Waals surface area contributed by atoms with Gasteiger partial charge in [-0.05, 0) is 103 Å². The van der Waals surface area contributed by atoms with E-state index in [0.717, 1.165) is 12.8 Å². The highest BCUT2D eigenvalue weighted by molar-refractivity contribution is 9.11. The zero-order valence-electron chi connectivity index (χ0n) is 41.2. The third-order valence-electron chi connectivity index (χ3n) is 12.9. The molecule has 2 aromatic carbocycles. The molecular weight excluding hydrogens is 1310 g/mol. The molecular formula is C46H52Br4Cl2N10O10S2. The molecule has 8 rings (SSSR count). The molecule has 20 nitrogen and oxygen atoms in total. The van der Waals surface area contributed by atoms with Gasteiger partial charge in [-0.25, -0.2) is 36.8 Å². The molecule has 2 aliphatic rings. The minimum atomic E-state index is -3.74. The van der Waals surface area contributed by atoms with Crippen LogP contribution in [0.3, 0.4) is 0 Å². The van der Waals surface area contributed by atoms with Crippen LogP contribution >= 0.6 is 86.9 Å². The molecule has 0 saturated carbocycles. The topological polar surface area (TPSA) is 237 Å². The van der Waals surface area contributed by atoms with Crippen molar-refractivity contribution in [2.75, 3.05) is 54.9 Å². The third-order valence-corrected chi connectivity index (χ3v) is 20.0. The second-order valence-corrected chi connectivity index (χ2v) is 26.4. The Morgan fingerprint density at radius 2 is 0.878 bits per heavy atom. The van der Waals surface area contributed by atoms with Crippen LogP contribution in [-0.4, -0.2) is 132 Å². The van der Waals surface area contributed by atoms with Gasteiger partial charge < -0.3 is 28.4 Å². The van der Waals surface area contributed by atoms with Crippen molar-refractivity contribution < 1.29 is 45.3 Å². The first-order valence-corrected chi connectivity index (χ1v) is 30.2. The Morgan fingerprint density at radius 1 is 0.568 bits per heavy atom. The number of halogens is 6. The molecule has 6 atom stereocenters. The Kier molecular flexibility index (Phi) is 19.5. The number of benzene rings is 2. The van der Waals surface area contributed by atoms with Crippen molar-refractivity contribution in [3.8, 4) is 34.4 Å². The number of sulfone groups is 2. The van der Waals surface area contributed by atoms with Gasteiger partial charge in [-0.1, -0.05) is 37.0 Å². The molecule has 0 N–H and O–H groups in total. The molecule has 0 radical (unpaired) electrons. The van der Waals surface area contributed by atoms with Gasteiger partial charge >= 0.3 is 0 Å². The minimum Gasteiger partial charge on any atom is -0.493 e. The summed E-state index contributed by atoms with van der Waals surface area (Å²) in [5.74, 6) is 2.37. The molecule has 0 amide bonds. The van der Waals surface area contributed by atoms with Crippen LogP contribution < -0.4 is 18.9 Å². The van der Waals surface area contributed by atoms with Crippen LogP contribution in [0.25, 0.3) is 11.4 Å². The van der Waals surface area contributed by atoms with Crippen LogP contribution in [0, 0.1) is 0 Å². The van der Waals surface area contributed by atoms with E-state index < -0.39 is 42.0 Å². The van der Waals surface area contributed by atoms with Gasteiger partial charge in [0.1, 0.15) is 46.2 Å². The van der Waals surface area contributed by atoms with Crippen molar-refractivity contribution in [3.63, 3.8) is 0 Å². The van der Waals surface area contributed by atoms with E-state index in [1.807, 2.05) is 0 Å². The van der Waals surface area contributed by atoms with Crippen LogP contribution in [0.15, 0.2) is 54.8 Å². The Balaban J connectivity index is 0.000000216. The highest BCUT2D eigenvalue weighted by atomic mass is 79.9. The third kappa shape index (κ3) is 12.4. The standard InChI is InChI=1S/2C23H26Br2ClN5O5S/c2*1-12(22-27-8-15(26)9-28-22)13(2)37(32,33)11-18-29-30-23(14-5-6-36-10-14)31(18)19-20(34-3)16(24)7-17(25)21(19)35-4/h2*7-9,12-14H,5-6,10-11H2,1-4H3/t12-,13-,14+;12-,13-,14-/m00/s1. The predicted octanol–water partition coefficient (Wildman–Crippen LogP) is 9.73. The van der Waals surface area contributed by atoms with Gasteiger partial charge in [0.05, 0.1) is 80.1 Å². The first kappa shape index (κ1) is 58.1. The molecule has 2 aliphatic heterocycles. The number of ether oxygens (including phenoxy) is 6. The van der Waals surface area contributed by atoms with Crippen molar-refractivity contribution in [3.05, 3.63) is 99.8 Å². The number of rotatable bonds is 18. The summed E-state index contributed by atoms with van der Waals surface area (Å²) in [6, 6.07) is 3.60. The predicted molar refractivity (Wildman–Crippen MR) is 291 cm³/mol. The largest absolute Gasteiger partial charge is 0.493 e. The van der Waals surface area contributed by atoms with E-state index in [1.165, 1.54) is 53.2 Å². The number of aromatic nitrogens is 10. The summed E-state index contributed by atoms with van der Waals surface area (Å²) < 4.78 is 94.8. The maximum Gasteiger partial charge on any atom is 0.161 e. The zero-order chi connectivity index (χ0) is 53.8. The van der Waals surface area contributed by atoms with E-state index in [9.17, 15) is 16.8 Å². The van der Waals surface area contributed by atoms with Gasteiger partial charge in [-0.2, -0.15) is 0 Å². The zero-order valence-corrected chi connectivity index (χ0v) is 50.7. The summed E-state index contributed by atoms with van der Waals surface area (Å²) in [5.41, 5.74) is 0.982. The molecule has 74 heavy (non-hydrogen) atoms. The van der Waals surface area contributed by atoms with Gasteiger partial charge in [0.15, 0.2) is 54.3 Å². The van der Waals surface area contributed by atoms with Crippen molar-refractivity contribution in [2.45, 2.75) is 86.2 Å². The molecule has 400 valence electrons. The molecule has 0 unspecified atom stereocenters. The second-order valence-electron chi connectivity index (χ2n) is 17.4. The van der Waals surface area contributed by atoms with Gasteiger partial charge in [0.2, 0.25) is 0 Å². The highest BCUT2D eigenvalue weighted by Crippen LogP contribution is 2.48. The Labute approximate surface area is 472 Å². The fourth-order valence-corrected chi connectivity index (χ4v) is 14.7. The minimum absolute atomic E-state index is 0.0741. The van der Waals surface area contributed by atoms with Crippen molar-refractivity contribution >= 4 is 107 Å². The summed E-state index contributed by atoms with van der Waals surface area (Å²) in [6.07, 6.45) is 7.27. The quantitative estimate of drug-likeness (QED) is 0.0778. The first-order chi connectivity index (χ1) is 35.2. The maximum absolute atomic E-state index is 13.7. The van der Waals surface area contributed by atoms with Crippen molar-refractivity contribution in [1.29, 1.82) is 0 Å². The van der Waals surface area contributed by atoms with Gasteiger partial charge in [-0.15, -0.1) is 20.4 Å². The number of hydrogen-bond donors (Lipinski definition) is 0. The number of nitrogens with zero attached hydrogens (tertiary/aromatic N) is 10. The van der Waals surface area contributed by atoms with Crippen LogP contribution in [-0.2, 0) is 40.7 Å². The lowest BCUT2D eigenvalue weighted by Gasteiger charge is -2.22. The van der Waals surface area contributed by atoms with E-state index >= 15 is 0 Å². The molecule has 6 aromatic rings. The smallest absolute Gasteiger partial charge is 0.161 e. The van der Waals surface area contributed by atoms with E-state index in [2.05, 4.69) is 104 Å². The van der Waals surface area contributed by atoms with Gasteiger partial charge in [0.25, 0.3) is 0 Å². The highest BCUT2D eigenvalue weighted by Gasteiger charge is 2.38. The summed E-state index contributed by atoms with van der Waals surface area (Å²) >= 11 is 26.0. The molecule has 28 heteroatoms. The lowest BCUT2D eigenvalue weighted by molar-refractivity contribution is 0.193. The number of hydrogen-bond acceptors (Lipinski definition) is 18. The fraction of sp³-hybridized carbons (Fsp3) is 0.478. The molecule has 0 spiro atoms. The van der Waals surface area contributed by atoms with E-state index in [1.54, 1.807) is 49.0 Å². The first-order valence-electron chi connectivity index (χ1n) is 22.8. The Hall–Kier alpha value is -3.60. The maximum atomic E-state index is 13.7. The van der Waals surface area contributed by atoms with Crippen molar-refractivity contribution in [1.82, 2.24) is 49.5 Å². The average Bonchev–Trinajstić information content (AvgIpc) is 4.22. The van der Waals surface area contributed by atoms with Gasteiger partial charge in [0, 0.05) is 61.7 Å². The van der Waals surface area contributed by atoms with Crippen LogP contribution in [0.2, 0.25) is 10.0 Å². The van der Waals surface area contributed by atoms with Gasteiger partial charge in [-0.3, -0.25) is 9.13 Å². The summed E-state index contributed by atoms with van der Waals surface area (Å²) in [7, 11) is -1.35. The molecule has 2 fully saturated rings. The fourth-order valence-electron chi connectivity index (χ4n) is 8.45. The molecule has 0 bridgehead atoms. The Bertz CT molecular complexity index is 2920. The second kappa shape index (κ2) is 24.8. The normalized spacial score (nSPS) is 17.5. The van der Waals surface area contributed by atoms with Crippen LogP contribution in [0.5, 0.6) is 23.0 Å². The van der Waals surface area contributed by atoms with Crippen molar-refractivity contribution in [2.24, 2.45) is 0 Å². The summed E-state index contributed by atoms with van der Waals surface area (Å²) in [6.45, 7) is 8.89. The molecule has 6 heterocycles. The van der Waals surface area contributed by atoms with E-state index in [4.69, 9.17) is 51.6 Å². The average molecular weight is 1360 g/mol. The summed E-state index contributed by atoms with van der Waals surface area (Å²) in [4.78, 5) is 16.8. The van der Waals surface area contributed by atoms with Crippen LogP contribution in [0.1, 0.15) is 99.2 Å². The lowest BCUT2D eigenvalue weighted by Crippen LogP contribution is -2.27. The van der Waals surface area contributed by atoms with Crippen LogP contribution in [0.4, 0.5) is 0 Å². The monoisotopic (exact) mass is 1350 g/mol. The molecule has 4 aromatic heterocycles.